The molecule has 0 radical (unpaired) electrons. The number of unbranched alkanes of at least 4 members (excludes halogenated alkanes) is 5. The molecule has 1 heterocycles. The zero-order valence-corrected chi connectivity index (χ0v) is 17.9. The molecule has 3 aromatic carbocycles. The Morgan fingerprint density at radius 1 is 0.793 bits per heavy atom. The van der Waals surface area contributed by atoms with E-state index in [2.05, 4.69) is 49.4 Å². The summed E-state index contributed by atoms with van der Waals surface area (Å²) in [5, 5.41) is 3.57. The summed E-state index contributed by atoms with van der Waals surface area (Å²) in [5.74, 6) is 0. The summed E-state index contributed by atoms with van der Waals surface area (Å²) in [6.07, 6.45) is 10.2. The molecule has 0 unspecified atom stereocenters. The van der Waals surface area contributed by atoms with Gasteiger partial charge in [0.05, 0.1) is 0 Å². The molecule has 0 atom stereocenters. The van der Waals surface area contributed by atoms with E-state index in [1.807, 2.05) is 29.5 Å². The Kier molecular flexibility index (Phi) is 6.41. The van der Waals surface area contributed by atoms with E-state index in [1.54, 1.807) is 0 Å². The van der Waals surface area contributed by atoms with E-state index < -0.39 is 0 Å². The number of aldehydes is 1. The second-order valence-corrected chi connectivity index (χ2v) is 9.06. The lowest BCUT2D eigenvalue weighted by molar-refractivity contribution is 0.112. The van der Waals surface area contributed by atoms with Gasteiger partial charge in [-0.2, -0.15) is 0 Å². The molecule has 148 valence electrons. The van der Waals surface area contributed by atoms with Crippen LogP contribution < -0.4 is 0 Å². The number of carbonyl (C=O) groups excluding carboxylic acids is 1. The quantitative estimate of drug-likeness (QED) is 0.203. The van der Waals surface area contributed by atoms with Crippen LogP contribution in [0.25, 0.3) is 32.0 Å². The van der Waals surface area contributed by atoms with E-state index in [0.29, 0.717) is 0 Å². The van der Waals surface area contributed by atoms with Crippen molar-refractivity contribution in [2.45, 2.75) is 51.9 Å². The van der Waals surface area contributed by atoms with E-state index in [9.17, 15) is 4.79 Å². The zero-order valence-electron chi connectivity index (χ0n) is 17.1. The highest BCUT2D eigenvalue weighted by Crippen LogP contribution is 2.33. The van der Waals surface area contributed by atoms with Crippen molar-refractivity contribution in [1.82, 2.24) is 0 Å². The highest BCUT2D eigenvalue weighted by molar-refractivity contribution is 7.19. The maximum Gasteiger partial charge on any atom is 0.150 e. The molecule has 0 spiro atoms. The highest BCUT2D eigenvalue weighted by atomic mass is 32.1. The molecule has 4 rings (SSSR count). The van der Waals surface area contributed by atoms with Gasteiger partial charge >= 0.3 is 0 Å². The van der Waals surface area contributed by atoms with E-state index >= 15 is 0 Å². The maximum absolute atomic E-state index is 11.7. The van der Waals surface area contributed by atoms with Gasteiger partial charge in [-0.1, -0.05) is 69.4 Å². The van der Waals surface area contributed by atoms with Crippen LogP contribution in [-0.4, -0.2) is 6.29 Å². The molecule has 4 aromatic rings. The Hall–Kier alpha value is -2.45. The fourth-order valence-electron chi connectivity index (χ4n) is 4.07. The van der Waals surface area contributed by atoms with Crippen molar-refractivity contribution in [1.29, 1.82) is 0 Å². The molecule has 0 N–H and O–H groups in total. The molecule has 1 nitrogen and oxygen atoms in total. The molecule has 0 fully saturated rings. The SMILES string of the molecule is CCCCCCCCc1cc2cc(-c3cc4ccccc4cc3C=O)ccc2s1. The smallest absolute Gasteiger partial charge is 0.150 e. The first-order valence-electron chi connectivity index (χ1n) is 10.8. The number of hydrogen-bond acceptors (Lipinski definition) is 2. The lowest BCUT2D eigenvalue weighted by Crippen LogP contribution is -1.88. The second-order valence-electron chi connectivity index (χ2n) is 7.89. The first-order valence-corrected chi connectivity index (χ1v) is 11.6. The van der Waals surface area contributed by atoms with Gasteiger partial charge in [0.1, 0.15) is 0 Å². The van der Waals surface area contributed by atoms with E-state index in [4.69, 9.17) is 0 Å². The van der Waals surface area contributed by atoms with Crippen molar-refractivity contribution in [3.63, 3.8) is 0 Å². The summed E-state index contributed by atoms with van der Waals surface area (Å²) in [4.78, 5) is 13.2. The molecule has 0 aliphatic heterocycles. The van der Waals surface area contributed by atoms with Crippen LogP contribution in [0.1, 0.15) is 60.7 Å². The normalized spacial score (nSPS) is 11.3. The molecule has 29 heavy (non-hydrogen) atoms. The average molecular weight is 401 g/mol. The van der Waals surface area contributed by atoms with Crippen LogP contribution in [0, 0.1) is 0 Å². The Bertz CT molecular complexity index is 1120. The molecule has 0 saturated heterocycles. The molecular formula is C27H28OS. The Labute approximate surface area is 177 Å². The summed E-state index contributed by atoms with van der Waals surface area (Å²) in [5.41, 5.74) is 2.89. The van der Waals surface area contributed by atoms with Gasteiger partial charge in [0.2, 0.25) is 0 Å². The second kappa shape index (κ2) is 9.37. The van der Waals surface area contributed by atoms with E-state index in [1.165, 1.54) is 65.3 Å². The molecular weight excluding hydrogens is 372 g/mol. The van der Waals surface area contributed by atoms with Gasteiger partial charge in [-0.05, 0) is 70.5 Å². The van der Waals surface area contributed by atoms with Crippen molar-refractivity contribution < 1.29 is 4.79 Å². The monoisotopic (exact) mass is 400 g/mol. The molecule has 0 aliphatic carbocycles. The first-order chi connectivity index (χ1) is 14.3. The Balaban J connectivity index is 1.56. The van der Waals surface area contributed by atoms with Crippen molar-refractivity contribution >= 4 is 38.5 Å². The van der Waals surface area contributed by atoms with Gasteiger partial charge in [0, 0.05) is 15.1 Å². The summed E-state index contributed by atoms with van der Waals surface area (Å²) >= 11 is 1.91. The lowest BCUT2D eigenvalue weighted by Gasteiger charge is -2.08. The minimum absolute atomic E-state index is 0.755. The van der Waals surface area contributed by atoms with Crippen molar-refractivity contribution in [2.24, 2.45) is 0 Å². The third kappa shape index (κ3) is 4.59. The number of thiophene rings is 1. The fraction of sp³-hybridized carbons (Fsp3) is 0.296. The van der Waals surface area contributed by atoms with Crippen LogP contribution in [0.3, 0.4) is 0 Å². The number of rotatable bonds is 9. The van der Waals surface area contributed by atoms with Gasteiger partial charge in [0.25, 0.3) is 0 Å². The summed E-state index contributed by atoms with van der Waals surface area (Å²) < 4.78 is 1.34. The minimum atomic E-state index is 0.755. The fourth-order valence-corrected chi connectivity index (χ4v) is 5.16. The van der Waals surface area contributed by atoms with Gasteiger partial charge < -0.3 is 0 Å². The number of benzene rings is 3. The van der Waals surface area contributed by atoms with E-state index in [0.717, 1.165) is 28.4 Å². The van der Waals surface area contributed by atoms with Crippen molar-refractivity contribution in [3.05, 3.63) is 71.1 Å². The van der Waals surface area contributed by atoms with Crippen LogP contribution >= 0.6 is 11.3 Å². The van der Waals surface area contributed by atoms with Gasteiger partial charge in [0.15, 0.2) is 6.29 Å². The Morgan fingerprint density at radius 3 is 2.34 bits per heavy atom. The van der Waals surface area contributed by atoms with Crippen LogP contribution in [0.4, 0.5) is 0 Å². The molecule has 2 heteroatoms. The maximum atomic E-state index is 11.7. The zero-order chi connectivity index (χ0) is 20.1. The summed E-state index contributed by atoms with van der Waals surface area (Å²) in [6, 6.07) is 21.3. The van der Waals surface area contributed by atoms with Crippen molar-refractivity contribution in [2.75, 3.05) is 0 Å². The molecule has 0 bridgehead atoms. The molecule has 0 amide bonds. The summed E-state index contributed by atoms with van der Waals surface area (Å²) in [6.45, 7) is 2.27. The molecule has 1 aromatic heterocycles. The number of fused-ring (bicyclic) bond motifs is 2. The third-order valence-electron chi connectivity index (χ3n) is 5.70. The third-order valence-corrected chi connectivity index (χ3v) is 6.88. The average Bonchev–Trinajstić information content (AvgIpc) is 3.17. The lowest BCUT2D eigenvalue weighted by atomic mass is 9.95. The standard InChI is InChI=1S/C27H28OS/c1-2-3-4-5-6-7-12-25-17-23-16-22(13-14-27(23)29-25)26-18-21-11-9-8-10-20(21)15-24(26)19-28/h8-11,13-19H,2-7,12H2,1H3. The van der Waals surface area contributed by atoms with Crippen LogP contribution in [0.2, 0.25) is 0 Å². The largest absolute Gasteiger partial charge is 0.298 e. The van der Waals surface area contributed by atoms with Crippen molar-refractivity contribution in [3.8, 4) is 11.1 Å². The minimum Gasteiger partial charge on any atom is -0.298 e. The predicted octanol–water partition coefficient (Wildman–Crippen LogP) is 8.44. The topological polar surface area (TPSA) is 17.1 Å². The van der Waals surface area contributed by atoms with Crippen LogP contribution in [-0.2, 0) is 6.42 Å². The van der Waals surface area contributed by atoms with Crippen LogP contribution in [0.15, 0.2) is 60.7 Å². The summed E-state index contributed by atoms with van der Waals surface area (Å²) in [7, 11) is 0. The first kappa shape index (κ1) is 19.8. The number of aryl methyl sites for hydroxylation is 1. The van der Waals surface area contributed by atoms with Gasteiger partial charge in [-0.25, -0.2) is 0 Å². The van der Waals surface area contributed by atoms with E-state index in [-0.39, 0.29) is 0 Å². The molecule has 0 saturated carbocycles. The number of hydrogen-bond donors (Lipinski definition) is 0. The van der Waals surface area contributed by atoms with Gasteiger partial charge in [-0.15, -0.1) is 11.3 Å². The highest BCUT2D eigenvalue weighted by Gasteiger charge is 2.09. The Morgan fingerprint density at radius 2 is 1.55 bits per heavy atom. The van der Waals surface area contributed by atoms with Gasteiger partial charge in [-0.3, -0.25) is 4.79 Å². The molecule has 0 aliphatic rings. The number of carbonyl (C=O) groups is 1. The van der Waals surface area contributed by atoms with Crippen LogP contribution in [0.5, 0.6) is 0 Å². The predicted molar refractivity (Wildman–Crippen MR) is 127 cm³/mol.